The highest BCUT2D eigenvalue weighted by Gasteiger charge is 2.28. The normalized spacial score (nSPS) is 18.6. The molecule has 1 saturated heterocycles. The molecule has 2 N–H and O–H groups in total. The van der Waals surface area contributed by atoms with Crippen molar-refractivity contribution in [2.24, 2.45) is 0 Å². The van der Waals surface area contributed by atoms with Crippen molar-refractivity contribution in [3.8, 4) is 0 Å². The van der Waals surface area contributed by atoms with E-state index in [0.717, 1.165) is 37.7 Å². The van der Waals surface area contributed by atoms with Crippen LogP contribution < -0.4 is 0 Å². The van der Waals surface area contributed by atoms with Crippen LogP contribution in [-0.2, 0) is 11.2 Å². The lowest BCUT2D eigenvalue weighted by Crippen LogP contribution is -2.33. The Morgan fingerprint density at radius 1 is 1.31 bits per heavy atom. The first kappa shape index (κ1) is 20.2. The van der Waals surface area contributed by atoms with Gasteiger partial charge in [-0.25, -0.2) is 4.79 Å². The van der Waals surface area contributed by atoms with Gasteiger partial charge in [0.1, 0.15) is 0 Å². The predicted octanol–water partition coefficient (Wildman–Crippen LogP) is 3.42. The van der Waals surface area contributed by atoms with Crippen LogP contribution >= 0.6 is 0 Å². The van der Waals surface area contributed by atoms with Crippen LogP contribution in [0.15, 0.2) is 36.4 Å². The SMILES string of the molecule is CCCCCC(O)C=C[C@@H]1CCC(=O)N1CCc1ccc(C(=O)O)cc1. The van der Waals surface area contributed by atoms with E-state index in [-0.39, 0.29) is 17.5 Å². The van der Waals surface area contributed by atoms with Crippen molar-refractivity contribution in [3.05, 3.63) is 47.5 Å². The van der Waals surface area contributed by atoms with Crippen LogP contribution in [0.5, 0.6) is 0 Å². The maximum atomic E-state index is 12.2. The summed E-state index contributed by atoms with van der Waals surface area (Å²) in [4.78, 5) is 24.9. The fourth-order valence-electron chi connectivity index (χ4n) is 3.27. The molecule has 26 heavy (non-hydrogen) atoms. The van der Waals surface area contributed by atoms with Gasteiger partial charge in [-0.15, -0.1) is 0 Å². The standard InChI is InChI=1S/C21H29NO4/c1-2-3-4-5-19(23)12-10-18-11-13-20(24)22(18)15-14-16-6-8-17(9-7-16)21(25)26/h6-10,12,18-19,23H,2-5,11,13-15H2,1H3,(H,25,26)/t18-,19?/m1/s1. The number of hydrogen-bond donors (Lipinski definition) is 2. The molecule has 0 aromatic heterocycles. The number of aromatic carboxylic acids is 1. The number of carbonyl (C=O) groups is 2. The number of carboxylic acids is 1. The summed E-state index contributed by atoms with van der Waals surface area (Å²) in [6, 6.07) is 6.82. The van der Waals surface area contributed by atoms with Crippen molar-refractivity contribution in [1.82, 2.24) is 4.90 Å². The molecule has 1 aliphatic rings. The third-order valence-electron chi connectivity index (χ3n) is 4.88. The zero-order chi connectivity index (χ0) is 18.9. The summed E-state index contributed by atoms with van der Waals surface area (Å²) in [5.41, 5.74) is 1.28. The fraction of sp³-hybridized carbons (Fsp3) is 0.524. The minimum absolute atomic E-state index is 0.0432. The van der Waals surface area contributed by atoms with E-state index in [1.54, 1.807) is 24.3 Å². The highest BCUT2D eigenvalue weighted by Crippen LogP contribution is 2.21. The fourth-order valence-corrected chi connectivity index (χ4v) is 3.27. The Labute approximate surface area is 155 Å². The van der Waals surface area contributed by atoms with Crippen molar-refractivity contribution in [2.75, 3.05) is 6.54 Å². The largest absolute Gasteiger partial charge is 0.478 e. The van der Waals surface area contributed by atoms with Crippen molar-refractivity contribution >= 4 is 11.9 Å². The number of nitrogens with zero attached hydrogens (tertiary/aromatic N) is 1. The van der Waals surface area contributed by atoms with Crippen LogP contribution in [0.2, 0.25) is 0 Å². The van der Waals surface area contributed by atoms with Crippen LogP contribution in [0, 0.1) is 0 Å². The summed E-state index contributed by atoms with van der Waals surface area (Å²) in [6.45, 7) is 2.74. The van der Waals surface area contributed by atoms with E-state index in [1.165, 1.54) is 0 Å². The lowest BCUT2D eigenvalue weighted by molar-refractivity contribution is -0.128. The summed E-state index contributed by atoms with van der Waals surface area (Å²) in [6.07, 6.45) is 9.41. The van der Waals surface area contributed by atoms with Gasteiger partial charge in [0.15, 0.2) is 0 Å². The predicted molar refractivity (Wildman–Crippen MR) is 101 cm³/mol. The summed E-state index contributed by atoms with van der Waals surface area (Å²) < 4.78 is 0. The minimum atomic E-state index is -0.936. The molecule has 2 rings (SSSR count). The molecule has 1 aromatic carbocycles. The van der Waals surface area contributed by atoms with Gasteiger partial charge in [-0.2, -0.15) is 0 Å². The van der Waals surface area contributed by atoms with Gasteiger partial charge in [0.2, 0.25) is 5.91 Å². The Kier molecular flexibility index (Phi) is 7.85. The molecule has 1 unspecified atom stereocenters. The number of carbonyl (C=O) groups excluding carboxylic acids is 1. The van der Waals surface area contributed by atoms with Gasteiger partial charge >= 0.3 is 5.97 Å². The van der Waals surface area contributed by atoms with Gasteiger partial charge in [0.05, 0.1) is 17.7 Å². The number of likely N-dealkylation sites (tertiary alicyclic amines) is 1. The van der Waals surface area contributed by atoms with E-state index < -0.39 is 12.1 Å². The van der Waals surface area contributed by atoms with Crippen LogP contribution in [0.3, 0.4) is 0 Å². The first-order chi connectivity index (χ1) is 12.5. The number of rotatable bonds is 10. The molecular weight excluding hydrogens is 330 g/mol. The molecular formula is C21H29NO4. The zero-order valence-corrected chi connectivity index (χ0v) is 15.4. The molecule has 1 aliphatic heterocycles. The Morgan fingerprint density at radius 2 is 2.04 bits per heavy atom. The second-order valence-electron chi connectivity index (χ2n) is 6.89. The van der Waals surface area contributed by atoms with Crippen LogP contribution in [0.25, 0.3) is 0 Å². The second-order valence-corrected chi connectivity index (χ2v) is 6.89. The van der Waals surface area contributed by atoms with Gasteiger partial charge in [-0.3, -0.25) is 4.79 Å². The monoisotopic (exact) mass is 359 g/mol. The van der Waals surface area contributed by atoms with Gasteiger partial charge in [-0.1, -0.05) is 50.5 Å². The van der Waals surface area contributed by atoms with Crippen LogP contribution in [0.4, 0.5) is 0 Å². The third-order valence-corrected chi connectivity index (χ3v) is 4.88. The zero-order valence-electron chi connectivity index (χ0n) is 15.4. The summed E-state index contributed by atoms with van der Waals surface area (Å²) >= 11 is 0. The second kappa shape index (κ2) is 10.1. The number of aliphatic hydroxyl groups excluding tert-OH is 1. The first-order valence-corrected chi connectivity index (χ1v) is 9.49. The van der Waals surface area contributed by atoms with Crippen molar-refractivity contribution in [1.29, 1.82) is 0 Å². The smallest absolute Gasteiger partial charge is 0.335 e. The maximum Gasteiger partial charge on any atom is 0.335 e. The number of carboxylic acid groups (broad SMARTS) is 1. The highest BCUT2D eigenvalue weighted by molar-refractivity contribution is 5.87. The number of unbranched alkanes of at least 4 members (excludes halogenated alkanes) is 2. The van der Waals surface area contributed by atoms with Crippen molar-refractivity contribution in [3.63, 3.8) is 0 Å². The molecule has 0 spiro atoms. The quantitative estimate of drug-likeness (QED) is 0.496. The molecule has 1 aromatic rings. The summed E-state index contributed by atoms with van der Waals surface area (Å²) in [5, 5.41) is 19.0. The van der Waals surface area contributed by atoms with Gasteiger partial charge in [0, 0.05) is 13.0 Å². The molecule has 142 valence electrons. The number of aliphatic hydroxyl groups is 1. The number of benzene rings is 1. The van der Waals surface area contributed by atoms with E-state index >= 15 is 0 Å². The summed E-state index contributed by atoms with van der Waals surface area (Å²) in [7, 11) is 0. The average molecular weight is 359 g/mol. The van der Waals surface area contributed by atoms with E-state index in [0.29, 0.717) is 19.4 Å². The van der Waals surface area contributed by atoms with Crippen molar-refractivity contribution in [2.45, 2.75) is 64.0 Å². The van der Waals surface area contributed by atoms with Crippen LogP contribution in [-0.4, -0.2) is 45.7 Å². The highest BCUT2D eigenvalue weighted by atomic mass is 16.4. The van der Waals surface area contributed by atoms with E-state index in [1.807, 2.05) is 17.1 Å². The number of amides is 1. The van der Waals surface area contributed by atoms with Gasteiger partial charge in [-0.05, 0) is 37.0 Å². The molecule has 0 bridgehead atoms. The Morgan fingerprint density at radius 3 is 2.69 bits per heavy atom. The Hall–Kier alpha value is -2.14. The van der Waals surface area contributed by atoms with Gasteiger partial charge < -0.3 is 15.1 Å². The maximum absolute atomic E-state index is 12.2. The van der Waals surface area contributed by atoms with E-state index in [2.05, 4.69) is 6.92 Å². The molecule has 5 nitrogen and oxygen atoms in total. The van der Waals surface area contributed by atoms with Crippen molar-refractivity contribution < 1.29 is 19.8 Å². The molecule has 2 atom stereocenters. The average Bonchev–Trinajstić information content (AvgIpc) is 2.98. The lowest BCUT2D eigenvalue weighted by Gasteiger charge is -2.22. The molecule has 1 fully saturated rings. The first-order valence-electron chi connectivity index (χ1n) is 9.49. The van der Waals surface area contributed by atoms with Gasteiger partial charge in [0.25, 0.3) is 0 Å². The molecule has 1 heterocycles. The minimum Gasteiger partial charge on any atom is -0.478 e. The molecule has 5 heteroatoms. The lowest BCUT2D eigenvalue weighted by atomic mass is 10.1. The van der Waals surface area contributed by atoms with E-state index in [9.17, 15) is 14.7 Å². The molecule has 0 radical (unpaired) electrons. The third kappa shape index (κ3) is 5.99. The molecule has 1 amide bonds. The van der Waals surface area contributed by atoms with E-state index in [4.69, 9.17) is 5.11 Å². The number of hydrogen-bond acceptors (Lipinski definition) is 3. The molecule has 0 saturated carbocycles. The summed E-state index contributed by atoms with van der Waals surface area (Å²) in [5.74, 6) is -0.795. The Bertz CT molecular complexity index is 623. The Balaban J connectivity index is 1.87. The van der Waals surface area contributed by atoms with Crippen LogP contribution in [0.1, 0.15) is 61.4 Å². The molecule has 0 aliphatic carbocycles. The topological polar surface area (TPSA) is 77.8 Å².